The van der Waals surface area contributed by atoms with Crippen LogP contribution in [0.25, 0.3) is 0 Å². The van der Waals surface area contributed by atoms with Crippen LogP contribution in [0.3, 0.4) is 0 Å². The number of rotatable bonds is 6. The second kappa shape index (κ2) is 9.67. The molecule has 1 rings (SSSR count). The quantitative estimate of drug-likeness (QED) is 0.773. The minimum absolute atomic E-state index is 0. The van der Waals surface area contributed by atoms with Gasteiger partial charge in [-0.1, -0.05) is 12.1 Å². The monoisotopic (exact) mass is 352 g/mol. The zero-order valence-corrected chi connectivity index (χ0v) is 13.4. The van der Waals surface area contributed by atoms with Crippen LogP contribution >= 0.6 is 40.1 Å². The normalized spacial score (nSPS) is 11.5. The minimum Gasteiger partial charge on any atom is -0.352 e. The lowest BCUT2D eigenvalue weighted by Crippen LogP contribution is -2.37. The van der Waals surface area contributed by atoms with Crippen LogP contribution in [-0.4, -0.2) is 24.2 Å². The molecule has 18 heavy (non-hydrogen) atoms. The maximum atomic E-state index is 11.5. The lowest BCUT2D eigenvalue weighted by atomic mass is 10.3. The maximum Gasteiger partial charge on any atom is 0.221 e. The van der Waals surface area contributed by atoms with Gasteiger partial charge in [-0.15, -0.1) is 24.2 Å². The molecule has 0 saturated carbocycles. The average Bonchev–Trinajstić information content (AvgIpc) is 2.31. The molecule has 0 saturated heterocycles. The molecule has 6 heteroatoms. The van der Waals surface area contributed by atoms with Crippen LogP contribution in [0.15, 0.2) is 33.6 Å². The van der Waals surface area contributed by atoms with Gasteiger partial charge in [0.05, 0.1) is 0 Å². The molecule has 3 N–H and O–H groups in total. The summed E-state index contributed by atoms with van der Waals surface area (Å²) < 4.78 is 1.07. The first-order valence-corrected chi connectivity index (χ1v) is 7.28. The molecule has 0 unspecified atom stereocenters. The molecule has 1 amide bonds. The Morgan fingerprint density at radius 3 is 2.78 bits per heavy atom. The van der Waals surface area contributed by atoms with Crippen LogP contribution in [-0.2, 0) is 4.79 Å². The van der Waals surface area contributed by atoms with Crippen molar-refractivity contribution in [1.82, 2.24) is 5.32 Å². The van der Waals surface area contributed by atoms with Crippen molar-refractivity contribution in [1.29, 1.82) is 0 Å². The number of nitrogens with two attached hydrogens (primary N) is 1. The Kier molecular flexibility index (Phi) is 9.54. The Morgan fingerprint density at radius 1 is 1.50 bits per heavy atom. The van der Waals surface area contributed by atoms with E-state index in [1.165, 1.54) is 0 Å². The lowest BCUT2D eigenvalue weighted by molar-refractivity contribution is -0.121. The van der Waals surface area contributed by atoms with E-state index in [2.05, 4.69) is 21.2 Å². The molecule has 0 bridgehead atoms. The molecule has 0 aliphatic heterocycles. The van der Waals surface area contributed by atoms with E-state index >= 15 is 0 Å². The fourth-order valence-corrected chi connectivity index (χ4v) is 2.74. The molecule has 0 spiro atoms. The predicted octanol–water partition coefficient (Wildman–Crippen LogP) is 2.82. The number of thioether (sulfide) groups is 1. The third-order valence-electron chi connectivity index (χ3n) is 2.18. The summed E-state index contributed by atoms with van der Waals surface area (Å²) in [4.78, 5) is 12.7. The van der Waals surface area contributed by atoms with Crippen LogP contribution in [0.2, 0.25) is 0 Å². The van der Waals surface area contributed by atoms with Crippen molar-refractivity contribution in [3.8, 4) is 0 Å². The van der Waals surface area contributed by atoms with Gasteiger partial charge in [0.25, 0.3) is 0 Å². The van der Waals surface area contributed by atoms with Gasteiger partial charge in [0.1, 0.15) is 0 Å². The highest BCUT2D eigenvalue weighted by atomic mass is 79.9. The topological polar surface area (TPSA) is 55.1 Å². The first-order chi connectivity index (χ1) is 8.13. The Hall–Kier alpha value is -0.230. The van der Waals surface area contributed by atoms with Crippen molar-refractivity contribution in [2.75, 3.05) is 12.3 Å². The Balaban J connectivity index is 0.00000289. The third kappa shape index (κ3) is 6.64. The molecule has 0 aliphatic rings. The van der Waals surface area contributed by atoms with Gasteiger partial charge in [-0.2, -0.15) is 0 Å². The summed E-state index contributed by atoms with van der Waals surface area (Å²) in [7, 11) is 0. The van der Waals surface area contributed by atoms with Crippen molar-refractivity contribution in [2.45, 2.75) is 24.3 Å². The molecule has 0 aliphatic carbocycles. The summed E-state index contributed by atoms with van der Waals surface area (Å²) in [6, 6.07) is 8.05. The third-order valence-corrected chi connectivity index (χ3v) is 4.21. The van der Waals surface area contributed by atoms with Crippen LogP contribution in [0.4, 0.5) is 0 Å². The molecule has 0 fully saturated rings. The van der Waals surface area contributed by atoms with Crippen molar-refractivity contribution in [3.63, 3.8) is 0 Å². The smallest absolute Gasteiger partial charge is 0.221 e. The van der Waals surface area contributed by atoms with E-state index in [0.29, 0.717) is 13.0 Å². The van der Waals surface area contributed by atoms with E-state index in [1.54, 1.807) is 11.8 Å². The SMILES string of the molecule is C[C@@H](CN)NC(=O)CCSc1ccccc1Br.Cl. The molecule has 0 radical (unpaired) electrons. The second-order valence-corrected chi connectivity index (χ2v) is 5.72. The lowest BCUT2D eigenvalue weighted by Gasteiger charge is -2.11. The van der Waals surface area contributed by atoms with Crippen molar-refractivity contribution in [3.05, 3.63) is 28.7 Å². The zero-order chi connectivity index (χ0) is 12.7. The van der Waals surface area contributed by atoms with Crippen LogP contribution < -0.4 is 11.1 Å². The van der Waals surface area contributed by atoms with E-state index in [-0.39, 0.29) is 24.4 Å². The van der Waals surface area contributed by atoms with Crippen molar-refractivity contribution < 1.29 is 4.79 Å². The minimum atomic E-state index is 0. The zero-order valence-electron chi connectivity index (χ0n) is 10.2. The largest absolute Gasteiger partial charge is 0.352 e. The summed E-state index contributed by atoms with van der Waals surface area (Å²) >= 11 is 5.15. The molecule has 1 aromatic rings. The first-order valence-electron chi connectivity index (χ1n) is 5.50. The number of carbonyl (C=O) groups excluding carboxylic acids is 1. The molecular formula is C12H18BrClN2OS. The summed E-state index contributed by atoms with van der Waals surface area (Å²) in [6.07, 6.45) is 0.510. The molecule has 1 aromatic carbocycles. The van der Waals surface area contributed by atoms with Gasteiger partial charge in [-0.25, -0.2) is 0 Å². The first kappa shape index (κ1) is 17.8. The highest BCUT2D eigenvalue weighted by molar-refractivity contribution is 9.10. The highest BCUT2D eigenvalue weighted by Crippen LogP contribution is 2.27. The van der Waals surface area contributed by atoms with E-state index in [9.17, 15) is 4.79 Å². The number of hydrogen-bond acceptors (Lipinski definition) is 3. The van der Waals surface area contributed by atoms with Crippen LogP contribution in [0.1, 0.15) is 13.3 Å². The fraction of sp³-hybridized carbons (Fsp3) is 0.417. The van der Waals surface area contributed by atoms with Crippen molar-refractivity contribution >= 4 is 46.0 Å². The highest BCUT2D eigenvalue weighted by Gasteiger charge is 2.06. The van der Waals surface area contributed by atoms with Gasteiger partial charge in [0.2, 0.25) is 5.91 Å². The predicted molar refractivity (Wildman–Crippen MR) is 83.4 cm³/mol. The number of benzene rings is 1. The van der Waals surface area contributed by atoms with Gasteiger partial charge in [-0.05, 0) is 35.0 Å². The van der Waals surface area contributed by atoms with Crippen LogP contribution in [0.5, 0.6) is 0 Å². The molecule has 0 heterocycles. The average molecular weight is 354 g/mol. The van der Waals surface area contributed by atoms with Gasteiger partial charge in [0, 0.05) is 34.1 Å². The number of amides is 1. The number of nitrogens with one attached hydrogen (secondary N) is 1. The number of halogens is 2. The molecule has 1 atom stereocenters. The summed E-state index contributed by atoms with van der Waals surface area (Å²) in [5.74, 6) is 0.827. The van der Waals surface area contributed by atoms with Gasteiger partial charge >= 0.3 is 0 Å². The van der Waals surface area contributed by atoms with Gasteiger partial charge in [-0.3, -0.25) is 4.79 Å². The fourth-order valence-electron chi connectivity index (χ4n) is 1.22. The molecular weight excluding hydrogens is 336 g/mol. The van der Waals surface area contributed by atoms with Crippen molar-refractivity contribution in [2.24, 2.45) is 5.73 Å². The van der Waals surface area contributed by atoms with E-state index in [4.69, 9.17) is 5.73 Å². The second-order valence-electron chi connectivity index (χ2n) is 3.73. The standard InChI is InChI=1S/C12H17BrN2OS.ClH/c1-9(8-14)15-12(16)6-7-17-11-5-3-2-4-10(11)13;/h2-5,9H,6-8,14H2,1H3,(H,15,16);1H/t9-;/m0./s1. The van der Waals surface area contributed by atoms with E-state index < -0.39 is 0 Å². The number of hydrogen-bond donors (Lipinski definition) is 2. The summed E-state index contributed by atoms with van der Waals surface area (Å²) in [5, 5.41) is 2.84. The van der Waals surface area contributed by atoms with Gasteiger partial charge in [0.15, 0.2) is 0 Å². The maximum absolute atomic E-state index is 11.5. The van der Waals surface area contributed by atoms with Gasteiger partial charge < -0.3 is 11.1 Å². The summed E-state index contributed by atoms with van der Waals surface area (Å²) in [5.41, 5.74) is 5.43. The Bertz CT molecular complexity index is 379. The number of carbonyl (C=O) groups is 1. The van der Waals surface area contributed by atoms with E-state index in [0.717, 1.165) is 15.1 Å². The molecule has 102 valence electrons. The van der Waals surface area contributed by atoms with E-state index in [1.807, 2.05) is 31.2 Å². The molecule has 0 aromatic heterocycles. The Labute approximate surface area is 127 Å². The molecule has 3 nitrogen and oxygen atoms in total. The van der Waals surface area contributed by atoms with Crippen LogP contribution in [0, 0.1) is 0 Å². The summed E-state index contributed by atoms with van der Waals surface area (Å²) in [6.45, 7) is 2.38. The Morgan fingerprint density at radius 2 is 2.17 bits per heavy atom.